The van der Waals surface area contributed by atoms with Gasteiger partial charge in [0.15, 0.2) is 21.3 Å². The Hall–Kier alpha value is -3.60. The van der Waals surface area contributed by atoms with Gasteiger partial charge in [0.05, 0.1) is 16.9 Å². The van der Waals surface area contributed by atoms with Gasteiger partial charge < -0.3 is 10.3 Å². The standard InChI is InChI=1S/C19H17N7O3S/c1-10-15-13(11-3-5-12(6-4-11)30(2,28)29)7-14(27)24-18(15)26(25-10)19-16-17(21-8-20-16)22-9-23-19/h3-6,8-9,13H,7H2,1-2H3,(H,24,27)(H,20,21,22,23). The summed E-state index contributed by atoms with van der Waals surface area (Å²) in [4.78, 5) is 28.4. The summed E-state index contributed by atoms with van der Waals surface area (Å²) in [5.41, 5.74) is 3.56. The summed E-state index contributed by atoms with van der Waals surface area (Å²) >= 11 is 0. The number of carbonyl (C=O) groups excluding carboxylic acids is 1. The molecular formula is C19H17N7O3S. The van der Waals surface area contributed by atoms with Gasteiger partial charge in [-0.1, -0.05) is 12.1 Å². The lowest BCUT2D eigenvalue weighted by atomic mass is 9.86. The van der Waals surface area contributed by atoms with Crippen molar-refractivity contribution in [2.45, 2.75) is 24.2 Å². The molecule has 4 heterocycles. The molecule has 5 rings (SSSR count). The minimum atomic E-state index is -3.30. The maximum absolute atomic E-state index is 12.5. The first-order valence-corrected chi connectivity index (χ1v) is 11.1. The molecule has 1 aliphatic rings. The number of H-pyrrole nitrogens is 1. The normalized spacial score (nSPS) is 16.5. The van der Waals surface area contributed by atoms with E-state index >= 15 is 0 Å². The number of hydrogen-bond acceptors (Lipinski definition) is 7. The van der Waals surface area contributed by atoms with Crippen molar-refractivity contribution >= 4 is 32.7 Å². The van der Waals surface area contributed by atoms with Crippen LogP contribution in [-0.4, -0.2) is 50.3 Å². The van der Waals surface area contributed by atoms with Crippen molar-refractivity contribution in [1.82, 2.24) is 29.7 Å². The van der Waals surface area contributed by atoms with Gasteiger partial charge in [-0.05, 0) is 24.6 Å². The molecule has 0 bridgehead atoms. The van der Waals surface area contributed by atoms with Crippen molar-refractivity contribution in [3.8, 4) is 5.82 Å². The first-order chi connectivity index (χ1) is 14.3. The van der Waals surface area contributed by atoms with Gasteiger partial charge in [-0.3, -0.25) is 4.79 Å². The Morgan fingerprint density at radius 2 is 1.90 bits per heavy atom. The fraction of sp³-hybridized carbons (Fsp3) is 0.211. The van der Waals surface area contributed by atoms with Gasteiger partial charge in [0, 0.05) is 24.2 Å². The first-order valence-electron chi connectivity index (χ1n) is 9.17. The summed E-state index contributed by atoms with van der Waals surface area (Å²) in [6.07, 6.45) is 4.32. The Morgan fingerprint density at radius 1 is 1.13 bits per heavy atom. The first kappa shape index (κ1) is 18.4. The van der Waals surface area contributed by atoms with E-state index in [4.69, 9.17) is 0 Å². The average molecular weight is 423 g/mol. The second-order valence-corrected chi connectivity index (χ2v) is 9.22. The van der Waals surface area contributed by atoms with E-state index in [0.717, 1.165) is 16.8 Å². The van der Waals surface area contributed by atoms with E-state index in [2.05, 4.69) is 30.4 Å². The summed E-state index contributed by atoms with van der Waals surface area (Å²) in [7, 11) is -3.30. The summed E-state index contributed by atoms with van der Waals surface area (Å²) in [5, 5.41) is 7.54. The molecule has 10 nitrogen and oxygen atoms in total. The third-order valence-electron chi connectivity index (χ3n) is 5.22. The molecule has 11 heteroatoms. The van der Waals surface area contributed by atoms with Gasteiger partial charge >= 0.3 is 0 Å². The maximum Gasteiger partial charge on any atom is 0.226 e. The number of sulfone groups is 1. The van der Waals surface area contributed by atoms with Crippen LogP contribution in [0.3, 0.4) is 0 Å². The number of imidazole rings is 1. The Kier molecular flexibility index (Phi) is 3.97. The lowest BCUT2D eigenvalue weighted by Gasteiger charge is -2.24. The Balaban J connectivity index is 1.66. The van der Waals surface area contributed by atoms with Crippen molar-refractivity contribution < 1.29 is 13.2 Å². The molecule has 0 saturated carbocycles. The Morgan fingerprint density at radius 3 is 2.63 bits per heavy atom. The highest BCUT2D eigenvalue weighted by atomic mass is 32.2. The van der Waals surface area contributed by atoms with Crippen LogP contribution in [-0.2, 0) is 14.6 Å². The molecule has 0 spiro atoms. The summed E-state index contributed by atoms with van der Waals surface area (Å²) in [6.45, 7) is 1.87. The zero-order valence-corrected chi connectivity index (χ0v) is 16.9. The number of anilines is 1. The quantitative estimate of drug-likeness (QED) is 0.512. The second kappa shape index (κ2) is 6.46. The lowest BCUT2D eigenvalue weighted by molar-refractivity contribution is -0.116. The van der Waals surface area contributed by atoms with Gasteiger partial charge in [0.1, 0.15) is 17.7 Å². The number of benzene rings is 1. The molecule has 0 radical (unpaired) electrons. The van der Waals surface area contributed by atoms with E-state index < -0.39 is 9.84 Å². The molecule has 30 heavy (non-hydrogen) atoms. The van der Waals surface area contributed by atoms with Crippen LogP contribution in [0.4, 0.5) is 5.82 Å². The molecule has 1 aromatic carbocycles. The third-order valence-corrected chi connectivity index (χ3v) is 6.35. The fourth-order valence-corrected chi connectivity index (χ4v) is 4.48. The predicted octanol–water partition coefficient (Wildman–Crippen LogP) is 1.72. The smallest absolute Gasteiger partial charge is 0.226 e. The number of hydrogen-bond donors (Lipinski definition) is 2. The van der Waals surface area contributed by atoms with Crippen molar-refractivity contribution in [2.75, 3.05) is 11.6 Å². The topological polar surface area (TPSA) is 136 Å². The molecule has 2 N–H and O–H groups in total. The van der Waals surface area contributed by atoms with E-state index in [1.165, 1.54) is 18.9 Å². The van der Waals surface area contributed by atoms with Crippen molar-refractivity contribution in [2.24, 2.45) is 0 Å². The molecular weight excluding hydrogens is 406 g/mol. The summed E-state index contributed by atoms with van der Waals surface area (Å²) < 4.78 is 25.1. The highest BCUT2D eigenvalue weighted by Crippen LogP contribution is 2.40. The fourth-order valence-electron chi connectivity index (χ4n) is 3.85. The highest BCUT2D eigenvalue weighted by Gasteiger charge is 2.33. The van der Waals surface area contributed by atoms with Crippen molar-refractivity contribution in [1.29, 1.82) is 0 Å². The molecule has 1 amide bonds. The van der Waals surface area contributed by atoms with Gasteiger partial charge in [-0.2, -0.15) is 9.78 Å². The number of amides is 1. The van der Waals surface area contributed by atoms with Crippen molar-refractivity contribution in [3.05, 3.63) is 53.7 Å². The van der Waals surface area contributed by atoms with Gasteiger partial charge in [-0.25, -0.2) is 23.4 Å². The van der Waals surface area contributed by atoms with E-state index in [1.807, 2.05) is 6.92 Å². The molecule has 4 aromatic rings. The maximum atomic E-state index is 12.5. The van der Waals surface area contributed by atoms with Crippen LogP contribution in [0.25, 0.3) is 17.0 Å². The Bertz CT molecular complexity index is 1400. The van der Waals surface area contributed by atoms with Crippen LogP contribution in [0.15, 0.2) is 41.8 Å². The number of aryl methyl sites for hydroxylation is 1. The van der Waals surface area contributed by atoms with Crippen LogP contribution in [0.1, 0.15) is 29.2 Å². The number of aromatic nitrogens is 6. The molecule has 1 atom stereocenters. The van der Waals surface area contributed by atoms with E-state index in [1.54, 1.807) is 28.9 Å². The SMILES string of the molecule is Cc1nn(-c2ncnc3nc[nH]c23)c2c1C(c1ccc(S(C)(=O)=O)cc1)CC(=O)N2. The molecule has 0 fully saturated rings. The number of carbonyl (C=O) groups is 1. The number of rotatable bonds is 3. The van der Waals surface area contributed by atoms with Crippen LogP contribution in [0.5, 0.6) is 0 Å². The number of nitrogens with zero attached hydrogens (tertiary/aromatic N) is 5. The van der Waals surface area contributed by atoms with Crippen LogP contribution >= 0.6 is 0 Å². The zero-order chi connectivity index (χ0) is 21.0. The summed E-state index contributed by atoms with van der Waals surface area (Å²) in [6, 6.07) is 6.63. The Labute approximate surface area is 171 Å². The molecule has 1 aliphatic heterocycles. The van der Waals surface area contributed by atoms with Crippen LogP contribution in [0.2, 0.25) is 0 Å². The minimum absolute atomic E-state index is 0.157. The van der Waals surface area contributed by atoms with E-state index in [0.29, 0.717) is 22.8 Å². The van der Waals surface area contributed by atoms with Crippen molar-refractivity contribution in [3.63, 3.8) is 0 Å². The number of fused-ring (bicyclic) bond motifs is 2. The molecule has 1 unspecified atom stereocenters. The van der Waals surface area contributed by atoms with Gasteiger partial charge in [0.25, 0.3) is 0 Å². The van der Waals surface area contributed by atoms with E-state index in [-0.39, 0.29) is 23.1 Å². The zero-order valence-electron chi connectivity index (χ0n) is 16.1. The van der Waals surface area contributed by atoms with E-state index in [9.17, 15) is 13.2 Å². The minimum Gasteiger partial charge on any atom is -0.340 e. The lowest BCUT2D eigenvalue weighted by Crippen LogP contribution is -2.25. The molecule has 0 aliphatic carbocycles. The molecule has 152 valence electrons. The third kappa shape index (κ3) is 2.86. The van der Waals surface area contributed by atoms with Crippen LogP contribution < -0.4 is 5.32 Å². The number of nitrogens with one attached hydrogen (secondary N) is 2. The van der Waals surface area contributed by atoms with Gasteiger partial charge in [0.2, 0.25) is 5.91 Å². The monoisotopic (exact) mass is 423 g/mol. The van der Waals surface area contributed by atoms with Gasteiger partial charge in [-0.15, -0.1) is 0 Å². The average Bonchev–Trinajstić information content (AvgIpc) is 3.31. The summed E-state index contributed by atoms with van der Waals surface area (Å²) in [5.74, 6) is 0.608. The second-order valence-electron chi connectivity index (χ2n) is 7.20. The van der Waals surface area contributed by atoms with Crippen LogP contribution in [0, 0.1) is 6.92 Å². The number of aromatic amines is 1. The largest absolute Gasteiger partial charge is 0.340 e. The highest BCUT2D eigenvalue weighted by molar-refractivity contribution is 7.90. The molecule has 3 aromatic heterocycles. The molecule has 0 saturated heterocycles. The predicted molar refractivity (Wildman–Crippen MR) is 108 cm³/mol.